The molecule has 0 atom stereocenters. The van der Waals surface area contributed by atoms with E-state index in [0.29, 0.717) is 40.7 Å². The van der Waals surface area contributed by atoms with Crippen LogP contribution in [0.2, 0.25) is 0 Å². The minimum absolute atomic E-state index is 0.0396. The van der Waals surface area contributed by atoms with Crippen molar-refractivity contribution in [2.24, 2.45) is 0 Å². The molecule has 2 aromatic carbocycles. The van der Waals surface area contributed by atoms with Gasteiger partial charge in [-0.25, -0.2) is 4.98 Å². The second kappa shape index (κ2) is 10.2. The molecule has 0 spiro atoms. The summed E-state index contributed by atoms with van der Waals surface area (Å²) < 4.78 is 12.1. The van der Waals surface area contributed by atoms with Gasteiger partial charge in [-0.05, 0) is 74.5 Å². The molecular weight excluding hydrogens is 446 g/mol. The molecule has 2 heterocycles. The smallest absolute Gasteiger partial charge is 0.244 e. The molecule has 0 aliphatic heterocycles. The number of ether oxygens (including phenoxy) is 2. The third-order valence-corrected chi connectivity index (χ3v) is 5.42. The Bertz CT molecular complexity index is 1440. The van der Waals surface area contributed by atoms with Crippen LogP contribution in [0, 0.1) is 6.92 Å². The van der Waals surface area contributed by atoms with Crippen LogP contribution < -0.4 is 20.2 Å². The van der Waals surface area contributed by atoms with E-state index < -0.39 is 11.2 Å². The van der Waals surface area contributed by atoms with E-state index in [2.05, 4.69) is 10.3 Å². The van der Waals surface area contributed by atoms with Crippen LogP contribution in [-0.4, -0.2) is 35.0 Å². The van der Waals surface area contributed by atoms with E-state index in [4.69, 9.17) is 9.47 Å². The number of hydrogen-bond acceptors (Lipinski definition) is 6. The summed E-state index contributed by atoms with van der Waals surface area (Å²) in [6.45, 7) is 4.11. The Kier molecular flexibility index (Phi) is 6.91. The lowest BCUT2D eigenvalue weighted by Gasteiger charge is -2.13. The van der Waals surface area contributed by atoms with Crippen LogP contribution in [0.4, 0.5) is 5.69 Å². The summed E-state index contributed by atoms with van der Waals surface area (Å²) in [5.41, 5.74) is 1.49. The minimum Gasteiger partial charge on any atom is -0.497 e. The molecule has 1 amide bonds. The standard InChI is InChI=1S/C27H25N3O5/c1-4-35-21-12-8-19(9-13-21)29-24(31)16-30-15-23(25(32)18-6-10-20(34-3)11-7-18)26(33)22-14-5-17(2)28-27(22)30/h5-15H,4,16H2,1-3H3,(H,29,31). The maximum Gasteiger partial charge on any atom is 0.244 e. The van der Waals surface area contributed by atoms with Crippen molar-refractivity contribution in [1.82, 2.24) is 9.55 Å². The van der Waals surface area contributed by atoms with Crippen molar-refractivity contribution >= 4 is 28.4 Å². The number of rotatable bonds is 8. The number of nitrogens with one attached hydrogen (secondary N) is 1. The average molecular weight is 472 g/mol. The van der Waals surface area contributed by atoms with Gasteiger partial charge in [-0.3, -0.25) is 14.4 Å². The molecule has 0 radical (unpaired) electrons. The lowest BCUT2D eigenvalue weighted by molar-refractivity contribution is -0.116. The molecule has 0 saturated heterocycles. The Hall–Kier alpha value is -4.46. The molecule has 2 aromatic heterocycles. The molecule has 35 heavy (non-hydrogen) atoms. The lowest BCUT2D eigenvalue weighted by Crippen LogP contribution is -2.25. The minimum atomic E-state index is -0.444. The first-order chi connectivity index (χ1) is 16.9. The van der Waals surface area contributed by atoms with Crippen molar-refractivity contribution in [3.8, 4) is 11.5 Å². The maximum absolute atomic E-state index is 13.2. The zero-order valence-electron chi connectivity index (χ0n) is 19.7. The van der Waals surface area contributed by atoms with Crippen LogP contribution in [0.25, 0.3) is 11.0 Å². The summed E-state index contributed by atoms with van der Waals surface area (Å²) in [4.78, 5) is 43.7. The first-order valence-corrected chi connectivity index (χ1v) is 11.1. The number of anilines is 1. The number of pyridine rings is 2. The number of aryl methyl sites for hydroxylation is 1. The number of carbonyl (C=O) groups excluding carboxylic acids is 2. The number of fused-ring (bicyclic) bond motifs is 1. The highest BCUT2D eigenvalue weighted by molar-refractivity contribution is 6.10. The second-order valence-electron chi connectivity index (χ2n) is 7.89. The first-order valence-electron chi connectivity index (χ1n) is 11.1. The van der Waals surface area contributed by atoms with Crippen molar-refractivity contribution < 1.29 is 19.1 Å². The van der Waals surface area contributed by atoms with Gasteiger partial charge in [0.1, 0.15) is 23.7 Å². The van der Waals surface area contributed by atoms with Crippen LogP contribution in [-0.2, 0) is 11.3 Å². The monoisotopic (exact) mass is 471 g/mol. The number of benzene rings is 2. The van der Waals surface area contributed by atoms with E-state index in [0.717, 1.165) is 0 Å². The van der Waals surface area contributed by atoms with Crippen LogP contribution in [0.3, 0.4) is 0 Å². The molecule has 0 bridgehead atoms. The van der Waals surface area contributed by atoms with Crippen molar-refractivity contribution in [1.29, 1.82) is 0 Å². The van der Waals surface area contributed by atoms with E-state index in [1.807, 2.05) is 6.92 Å². The molecule has 1 N–H and O–H groups in total. The zero-order chi connectivity index (χ0) is 24.9. The van der Waals surface area contributed by atoms with Gasteiger partial charge in [0.2, 0.25) is 11.3 Å². The number of carbonyl (C=O) groups is 2. The van der Waals surface area contributed by atoms with Gasteiger partial charge < -0.3 is 19.4 Å². The molecular formula is C27H25N3O5. The van der Waals surface area contributed by atoms with Gasteiger partial charge in [-0.15, -0.1) is 0 Å². The molecule has 178 valence electrons. The maximum atomic E-state index is 13.2. The number of nitrogens with zero attached hydrogens (tertiary/aromatic N) is 2. The molecule has 8 heteroatoms. The topological polar surface area (TPSA) is 99.5 Å². The highest BCUT2D eigenvalue weighted by Crippen LogP contribution is 2.18. The zero-order valence-corrected chi connectivity index (χ0v) is 19.7. The Morgan fingerprint density at radius 1 is 0.971 bits per heavy atom. The van der Waals surface area contributed by atoms with Crippen LogP contribution in [0.5, 0.6) is 11.5 Å². The molecule has 8 nitrogen and oxygen atoms in total. The van der Waals surface area contributed by atoms with Crippen molar-refractivity contribution in [2.75, 3.05) is 19.0 Å². The SMILES string of the molecule is CCOc1ccc(NC(=O)Cn2cc(C(=O)c3ccc(OC)cc3)c(=O)c3ccc(C)nc32)cc1. The van der Waals surface area contributed by atoms with E-state index in [1.165, 1.54) is 17.9 Å². The fourth-order valence-corrected chi connectivity index (χ4v) is 3.70. The summed E-state index contributed by atoms with van der Waals surface area (Å²) in [6, 6.07) is 16.9. The highest BCUT2D eigenvalue weighted by Gasteiger charge is 2.19. The summed E-state index contributed by atoms with van der Waals surface area (Å²) in [5, 5.41) is 3.09. The summed E-state index contributed by atoms with van der Waals surface area (Å²) in [5.74, 6) is 0.535. The molecule has 0 unspecified atom stereocenters. The first kappa shape index (κ1) is 23.7. The Balaban J connectivity index is 1.68. The van der Waals surface area contributed by atoms with Gasteiger partial charge in [0.15, 0.2) is 5.78 Å². The van der Waals surface area contributed by atoms with Crippen LogP contribution in [0.15, 0.2) is 71.7 Å². The predicted octanol–water partition coefficient (Wildman–Crippen LogP) is 3.98. The predicted molar refractivity (Wildman–Crippen MR) is 133 cm³/mol. The molecule has 4 rings (SSSR count). The summed E-state index contributed by atoms with van der Waals surface area (Å²) in [6.07, 6.45) is 1.40. The largest absolute Gasteiger partial charge is 0.497 e. The molecule has 0 aliphatic rings. The third kappa shape index (κ3) is 5.22. The fourth-order valence-electron chi connectivity index (χ4n) is 3.70. The Morgan fingerprint density at radius 2 is 1.66 bits per heavy atom. The third-order valence-electron chi connectivity index (χ3n) is 5.42. The Morgan fingerprint density at radius 3 is 2.31 bits per heavy atom. The number of ketones is 1. The molecule has 0 saturated carbocycles. The number of amides is 1. The van der Waals surface area contributed by atoms with E-state index in [9.17, 15) is 14.4 Å². The molecule has 4 aromatic rings. The van der Waals surface area contributed by atoms with E-state index in [-0.39, 0.29) is 23.4 Å². The fraction of sp³-hybridized carbons (Fsp3) is 0.185. The second-order valence-corrected chi connectivity index (χ2v) is 7.89. The molecule has 0 aliphatic carbocycles. The quantitative estimate of drug-likeness (QED) is 0.390. The summed E-state index contributed by atoms with van der Waals surface area (Å²) >= 11 is 0. The number of aromatic nitrogens is 2. The van der Waals surface area contributed by atoms with Gasteiger partial charge in [-0.1, -0.05) is 0 Å². The van der Waals surface area contributed by atoms with Gasteiger partial charge in [0.25, 0.3) is 0 Å². The van der Waals surface area contributed by atoms with E-state index in [1.54, 1.807) is 67.6 Å². The normalized spacial score (nSPS) is 10.7. The van der Waals surface area contributed by atoms with E-state index >= 15 is 0 Å². The van der Waals surface area contributed by atoms with Crippen molar-refractivity contribution in [3.63, 3.8) is 0 Å². The highest BCUT2D eigenvalue weighted by atomic mass is 16.5. The van der Waals surface area contributed by atoms with Gasteiger partial charge in [0, 0.05) is 23.1 Å². The number of methoxy groups -OCH3 is 1. The average Bonchev–Trinajstić information content (AvgIpc) is 2.86. The Labute approximate surface area is 202 Å². The van der Waals surface area contributed by atoms with Gasteiger partial charge in [0.05, 0.1) is 24.7 Å². The van der Waals surface area contributed by atoms with Crippen molar-refractivity contribution in [3.05, 3.63) is 93.9 Å². The van der Waals surface area contributed by atoms with Gasteiger partial charge >= 0.3 is 0 Å². The summed E-state index contributed by atoms with van der Waals surface area (Å²) in [7, 11) is 1.53. The lowest BCUT2D eigenvalue weighted by atomic mass is 10.0. The number of hydrogen-bond donors (Lipinski definition) is 1. The van der Waals surface area contributed by atoms with Crippen molar-refractivity contribution in [2.45, 2.75) is 20.4 Å². The van der Waals surface area contributed by atoms with Crippen LogP contribution in [0.1, 0.15) is 28.5 Å². The van der Waals surface area contributed by atoms with Crippen LogP contribution >= 0.6 is 0 Å². The van der Waals surface area contributed by atoms with Gasteiger partial charge in [-0.2, -0.15) is 0 Å². The molecule has 0 fully saturated rings.